The minimum absolute atomic E-state index is 0.532. The third-order valence-electron chi connectivity index (χ3n) is 2.76. The summed E-state index contributed by atoms with van der Waals surface area (Å²) in [6.45, 7) is 4.78. The van der Waals surface area contributed by atoms with Crippen LogP contribution in [-0.4, -0.2) is 19.3 Å². The molecule has 0 spiro atoms. The fraction of sp³-hybridized carbons (Fsp3) is 0.500. The largest absolute Gasteiger partial charge is 0.380 e. The van der Waals surface area contributed by atoms with Crippen LogP contribution in [0.3, 0.4) is 0 Å². The average Bonchev–Trinajstić information content (AvgIpc) is 2.73. The molecule has 1 heterocycles. The molecule has 0 saturated carbocycles. The van der Waals surface area contributed by atoms with Crippen molar-refractivity contribution in [3.05, 3.63) is 33.8 Å². The molecule has 1 N–H and O–H groups in total. The number of rotatable bonds is 3. The van der Waals surface area contributed by atoms with Gasteiger partial charge in [-0.25, -0.2) is 0 Å². The predicted octanol–water partition coefficient (Wildman–Crippen LogP) is 2.64. The van der Waals surface area contributed by atoms with E-state index >= 15 is 0 Å². The number of ether oxygens (including phenoxy) is 1. The van der Waals surface area contributed by atoms with Crippen LogP contribution in [-0.2, 0) is 11.3 Å². The Morgan fingerprint density at radius 3 is 3.07 bits per heavy atom. The summed E-state index contributed by atoms with van der Waals surface area (Å²) in [5.41, 5.74) is 2.60. The summed E-state index contributed by atoms with van der Waals surface area (Å²) in [4.78, 5) is 0. The number of hydrogen-bond donors (Lipinski definition) is 1. The predicted molar refractivity (Wildman–Crippen MR) is 64.9 cm³/mol. The monoisotopic (exact) mass is 269 g/mol. The number of nitrogens with one attached hydrogen (secondary N) is 1. The smallest absolute Gasteiger partial charge is 0.0620 e. The van der Waals surface area contributed by atoms with Crippen molar-refractivity contribution < 1.29 is 4.74 Å². The average molecular weight is 270 g/mol. The van der Waals surface area contributed by atoms with Crippen LogP contribution < -0.4 is 5.32 Å². The molecule has 1 aliphatic heterocycles. The molecule has 0 aliphatic carbocycles. The Kier molecular flexibility index (Phi) is 3.78. The van der Waals surface area contributed by atoms with Gasteiger partial charge in [0.2, 0.25) is 0 Å². The molecule has 0 bridgehead atoms. The molecule has 0 aromatic heterocycles. The molecule has 1 unspecified atom stereocenters. The summed E-state index contributed by atoms with van der Waals surface area (Å²) >= 11 is 3.55. The molecule has 2 rings (SSSR count). The van der Waals surface area contributed by atoms with E-state index in [0.29, 0.717) is 6.04 Å². The highest BCUT2D eigenvalue weighted by Gasteiger charge is 2.14. The molecule has 1 saturated heterocycles. The second-order valence-corrected chi connectivity index (χ2v) is 4.88. The van der Waals surface area contributed by atoms with E-state index in [4.69, 9.17) is 4.74 Å². The summed E-state index contributed by atoms with van der Waals surface area (Å²) in [7, 11) is 0. The van der Waals surface area contributed by atoms with Gasteiger partial charge in [-0.3, -0.25) is 0 Å². The van der Waals surface area contributed by atoms with Crippen molar-refractivity contribution in [3.8, 4) is 0 Å². The molecule has 2 nitrogen and oxygen atoms in total. The van der Waals surface area contributed by atoms with Crippen LogP contribution in [0.15, 0.2) is 22.7 Å². The van der Waals surface area contributed by atoms with Crippen LogP contribution in [0.1, 0.15) is 17.5 Å². The maximum atomic E-state index is 5.32. The number of hydrogen-bond acceptors (Lipinski definition) is 2. The summed E-state index contributed by atoms with van der Waals surface area (Å²) in [6.07, 6.45) is 1.13. The molecule has 1 aliphatic rings. The molecule has 82 valence electrons. The minimum atomic E-state index is 0.532. The van der Waals surface area contributed by atoms with E-state index in [1.54, 1.807) is 0 Å². The van der Waals surface area contributed by atoms with Crippen LogP contribution in [0.4, 0.5) is 0 Å². The van der Waals surface area contributed by atoms with E-state index in [0.717, 1.165) is 26.2 Å². The quantitative estimate of drug-likeness (QED) is 0.911. The van der Waals surface area contributed by atoms with Gasteiger partial charge in [0.15, 0.2) is 0 Å². The van der Waals surface area contributed by atoms with Gasteiger partial charge in [0.25, 0.3) is 0 Å². The van der Waals surface area contributed by atoms with Crippen molar-refractivity contribution in [2.75, 3.05) is 13.2 Å². The summed E-state index contributed by atoms with van der Waals surface area (Å²) in [5.74, 6) is 0. The number of aryl methyl sites for hydroxylation is 1. The van der Waals surface area contributed by atoms with E-state index in [-0.39, 0.29) is 0 Å². The van der Waals surface area contributed by atoms with Crippen LogP contribution >= 0.6 is 15.9 Å². The lowest BCUT2D eigenvalue weighted by Gasteiger charge is -2.11. The molecule has 1 aromatic carbocycles. The van der Waals surface area contributed by atoms with E-state index in [2.05, 4.69) is 46.4 Å². The second kappa shape index (κ2) is 5.10. The number of halogens is 1. The zero-order chi connectivity index (χ0) is 10.7. The lowest BCUT2D eigenvalue weighted by Crippen LogP contribution is -2.28. The maximum absolute atomic E-state index is 5.32. The van der Waals surface area contributed by atoms with Crippen molar-refractivity contribution in [3.63, 3.8) is 0 Å². The third-order valence-corrected chi connectivity index (χ3v) is 3.62. The van der Waals surface area contributed by atoms with E-state index in [9.17, 15) is 0 Å². The topological polar surface area (TPSA) is 21.3 Å². The normalized spacial score (nSPS) is 20.8. The van der Waals surface area contributed by atoms with Gasteiger partial charge in [-0.2, -0.15) is 0 Å². The standard InChI is InChI=1S/C12H16BrNO/c1-9-2-3-10(6-12(9)13)7-14-11-4-5-15-8-11/h2-3,6,11,14H,4-5,7-8H2,1H3. The maximum Gasteiger partial charge on any atom is 0.0620 e. The summed E-state index contributed by atoms with van der Waals surface area (Å²) in [6, 6.07) is 7.03. The molecule has 3 heteroatoms. The van der Waals surface area contributed by atoms with Gasteiger partial charge in [-0.15, -0.1) is 0 Å². The van der Waals surface area contributed by atoms with Gasteiger partial charge in [0, 0.05) is 23.7 Å². The van der Waals surface area contributed by atoms with Crippen molar-refractivity contribution >= 4 is 15.9 Å². The van der Waals surface area contributed by atoms with Crippen molar-refractivity contribution in [1.82, 2.24) is 5.32 Å². The van der Waals surface area contributed by atoms with Crippen LogP contribution in [0, 0.1) is 6.92 Å². The molecule has 15 heavy (non-hydrogen) atoms. The Hall–Kier alpha value is -0.380. The van der Waals surface area contributed by atoms with Crippen molar-refractivity contribution in [1.29, 1.82) is 0 Å². The Balaban J connectivity index is 1.90. The van der Waals surface area contributed by atoms with Gasteiger partial charge in [-0.1, -0.05) is 28.1 Å². The molecule has 0 radical (unpaired) electrons. The van der Waals surface area contributed by atoms with E-state index < -0.39 is 0 Å². The number of benzene rings is 1. The summed E-state index contributed by atoms with van der Waals surface area (Å²) < 4.78 is 6.50. The molecule has 0 amide bonds. The first-order valence-electron chi connectivity index (χ1n) is 5.32. The SMILES string of the molecule is Cc1ccc(CNC2CCOC2)cc1Br. The van der Waals surface area contributed by atoms with E-state index in [1.807, 2.05) is 0 Å². The van der Waals surface area contributed by atoms with Gasteiger partial charge >= 0.3 is 0 Å². The third kappa shape index (κ3) is 3.03. The van der Waals surface area contributed by atoms with Crippen LogP contribution in [0.2, 0.25) is 0 Å². The molecule has 1 aromatic rings. The fourth-order valence-electron chi connectivity index (χ4n) is 1.70. The second-order valence-electron chi connectivity index (χ2n) is 4.02. The van der Waals surface area contributed by atoms with Crippen molar-refractivity contribution in [2.24, 2.45) is 0 Å². The lowest BCUT2D eigenvalue weighted by atomic mass is 10.1. The highest BCUT2D eigenvalue weighted by atomic mass is 79.9. The lowest BCUT2D eigenvalue weighted by molar-refractivity contribution is 0.190. The van der Waals surface area contributed by atoms with Gasteiger partial charge in [-0.05, 0) is 30.5 Å². The Morgan fingerprint density at radius 1 is 1.53 bits per heavy atom. The van der Waals surface area contributed by atoms with Crippen molar-refractivity contribution in [2.45, 2.75) is 25.9 Å². The Morgan fingerprint density at radius 2 is 2.40 bits per heavy atom. The highest BCUT2D eigenvalue weighted by molar-refractivity contribution is 9.10. The Bertz CT molecular complexity index is 334. The molecule has 1 atom stereocenters. The van der Waals surface area contributed by atoms with Crippen LogP contribution in [0.5, 0.6) is 0 Å². The summed E-state index contributed by atoms with van der Waals surface area (Å²) in [5, 5.41) is 3.50. The fourth-order valence-corrected chi connectivity index (χ4v) is 2.13. The minimum Gasteiger partial charge on any atom is -0.380 e. The highest BCUT2D eigenvalue weighted by Crippen LogP contribution is 2.17. The van der Waals surface area contributed by atoms with Gasteiger partial charge < -0.3 is 10.1 Å². The molecular weight excluding hydrogens is 254 g/mol. The zero-order valence-corrected chi connectivity index (χ0v) is 10.5. The van der Waals surface area contributed by atoms with Crippen LogP contribution in [0.25, 0.3) is 0 Å². The molecule has 1 fully saturated rings. The van der Waals surface area contributed by atoms with Gasteiger partial charge in [0.1, 0.15) is 0 Å². The van der Waals surface area contributed by atoms with E-state index in [1.165, 1.54) is 15.6 Å². The van der Waals surface area contributed by atoms with Gasteiger partial charge in [0.05, 0.1) is 6.61 Å². The Labute approximate surface area is 99.1 Å². The zero-order valence-electron chi connectivity index (χ0n) is 8.92. The molecular formula is C12H16BrNO. The first-order chi connectivity index (χ1) is 7.25. The first kappa shape index (κ1) is 11.1. The first-order valence-corrected chi connectivity index (χ1v) is 6.11.